The Bertz CT molecular complexity index is 545. The van der Waals surface area contributed by atoms with Crippen LogP contribution in [0.15, 0.2) is 22.7 Å². The molecular weight excluding hydrogens is 240 g/mol. The zero-order valence-corrected chi connectivity index (χ0v) is 11.4. The highest BCUT2D eigenvalue weighted by Gasteiger charge is 2.20. The molecule has 5 nitrogen and oxygen atoms in total. The molecule has 0 aliphatic carbocycles. The zero-order valence-electron chi connectivity index (χ0n) is 11.4. The Morgan fingerprint density at radius 3 is 3.11 bits per heavy atom. The van der Waals surface area contributed by atoms with Crippen LogP contribution in [-0.4, -0.2) is 47.6 Å². The second-order valence-electron chi connectivity index (χ2n) is 5.20. The van der Waals surface area contributed by atoms with E-state index in [1.54, 1.807) is 0 Å². The topological polar surface area (TPSA) is 57.1 Å². The summed E-state index contributed by atoms with van der Waals surface area (Å²) in [5.41, 5.74) is 0.953. The van der Waals surface area contributed by atoms with E-state index >= 15 is 0 Å². The van der Waals surface area contributed by atoms with Crippen LogP contribution < -0.4 is 5.32 Å². The number of aryl methyl sites for hydroxylation is 1. The Kier molecular flexibility index (Phi) is 3.40. The number of hydrogen-bond acceptors (Lipinski definition) is 4. The van der Waals surface area contributed by atoms with Crippen molar-refractivity contribution in [2.75, 3.05) is 26.7 Å². The first-order valence-corrected chi connectivity index (χ1v) is 6.74. The quantitative estimate of drug-likeness (QED) is 0.876. The van der Waals surface area contributed by atoms with Crippen molar-refractivity contribution < 1.29 is 4.42 Å². The summed E-state index contributed by atoms with van der Waals surface area (Å²) < 4.78 is 5.60. The molecule has 102 valence electrons. The van der Waals surface area contributed by atoms with Gasteiger partial charge in [0.25, 0.3) is 0 Å². The van der Waals surface area contributed by atoms with Crippen LogP contribution in [-0.2, 0) is 6.42 Å². The number of furan rings is 1. The summed E-state index contributed by atoms with van der Waals surface area (Å²) in [6.45, 7) is 5.13. The Labute approximate surface area is 113 Å². The highest BCUT2D eigenvalue weighted by Crippen LogP contribution is 2.20. The van der Waals surface area contributed by atoms with Crippen LogP contribution in [0.3, 0.4) is 0 Å². The molecule has 1 fully saturated rings. The molecule has 1 saturated heterocycles. The predicted octanol–water partition coefficient (Wildman–Crippen LogP) is 1.42. The molecule has 1 aliphatic rings. The molecule has 5 heteroatoms. The molecule has 3 rings (SSSR count). The molecule has 2 aromatic rings. The van der Waals surface area contributed by atoms with E-state index in [1.807, 2.05) is 25.3 Å². The Balaban J connectivity index is 1.71. The first-order valence-electron chi connectivity index (χ1n) is 6.74. The van der Waals surface area contributed by atoms with E-state index in [-0.39, 0.29) is 0 Å². The summed E-state index contributed by atoms with van der Waals surface area (Å²) >= 11 is 0. The summed E-state index contributed by atoms with van der Waals surface area (Å²) in [6.07, 6.45) is 2.78. The number of hydrogen-bond donors (Lipinski definition) is 2. The maximum atomic E-state index is 5.60. The van der Waals surface area contributed by atoms with Crippen molar-refractivity contribution in [3.63, 3.8) is 0 Å². The second kappa shape index (κ2) is 5.19. The summed E-state index contributed by atoms with van der Waals surface area (Å²) in [4.78, 5) is 10.2. The van der Waals surface area contributed by atoms with Crippen LogP contribution in [0.1, 0.15) is 11.6 Å². The molecule has 0 bridgehead atoms. The van der Waals surface area contributed by atoms with Gasteiger partial charge in [-0.15, -0.1) is 0 Å². The van der Waals surface area contributed by atoms with Crippen molar-refractivity contribution in [1.82, 2.24) is 20.2 Å². The van der Waals surface area contributed by atoms with Crippen molar-refractivity contribution >= 4 is 0 Å². The van der Waals surface area contributed by atoms with Crippen molar-refractivity contribution in [3.8, 4) is 11.5 Å². The minimum Gasteiger partial charge on any atom is -0.460 e. The van der Waals surface area contributed by atoms with Gasteiger partial charge in [0.15, 0.2) is 5.76 Å². The van der Waals surface area contributed by atoms with Gasteiger partial charge in [-0.2, -0.15) is 0 Å². The summed E-state index contributed by atoms with van der Waals surface area (Å²) in [6, 6.07) is 4.45. The maximum Gasteiger partial charge on any atom is 0.152 e. The standard InChI is InChI=1S/C14H20N4O/c1-10-3-4-13(19-10)12-9-16-14(17-12)7-11-8-15-5-6-18(11)2/h3-4,9,11,15H,5-8H2,1-2H3,(H,16,17). The molecule has 0 amide bonds. The molecule has 1 aliphatic heterocycles. The van der Waals surface area contributed by atoms with Gasteiger partial charge in [-0.25, -0.2) is 4.98 Å². The van der Waals surface area contributed by atoms with Gasteiger partial charge in [0.05, 0.1) is 6.20 Å². The van der Waals surface area contributed by atoms with Gasteiger partial charge in [0, 0.05) is 32.1 Å². The molecule has 3 heterocycles. The number of nitrogens with one attached hydrogen (secondary N) is 2. The smallest absolute Gasteiger partial charge is 0.152 e. The largest absolute Gasteiger partial charge is 0.460 e. The van der Waals surface area contributed by atoms with Crippen LogP contribution in [0.4, 0.5) is 0 Å². The fraction of sp³-hybridized carbons (Fsp3) is 0.500. The average Bonchev–Trinajstić information content (AvgIpc) is 3.01. The Morgan fingerprint density at radius 2 is 2.37 bits per heavy atom. The fourth-order valence-corrected chi connectivity index (χ4v) is 2.48. The van der Waals surface area contributed by atoms with Crippen LogP contribution in [0.5, 0.6) is 0 Å². The lowest BCUT2D eigenvalue weighted by Crippen LogP contribution is -2.50. The summed E-state index contributed by atoms with van der Waals surface area (Å²) in [7, 11) is 2.17. The predicted molar refractivity (Wildman–Crippen MR) is 74.0 cm³/mol. The lowest BCUT2D eigenvalue weighted by molar-refractivity contribution is 0.197. The molecule has 19 heavy (non-hydrogen) atoms. The molecule has 0 saturated carbocycles. The van der Waals surface area contributed by atoms with Crippen LogP contribution in [0, 0.1) is 6.92 Å². The summed E-state index contributed by atoms with van der Waals surface area (Å²) in [5.74, 6) is 2.79. The van der Waals surface area contributed by atoms with Crippen LogP contribution >= 0.6 is 0 Å². The van der Waals surface area contributed by atoms with E-state index < -0.39 is 0 Å². The third-order valence-electron chi connectivity index (χ3n) is 3.71. The van der Waals surface area contributed by atoms with Gasteiger partial charge in [0.1, 0.15) is 17.3 Å². The molecule has 1 atom stereocenters. The summed E-state index contributed by atoms with van der Waals surface area (Å²) in [5, 5.41) is 3.43. The van der Waals surface area contributed by atoms with E-state index in [1.165, 1.54) is 0 Å². The van der Waals surface area contributed by atoms with Crippen molar-refractivity contribution in [1.29, 1.82) is 0 Å². The van der Waals surface area contributed by atoms with Crippen molar-refractivity contribution in [2.24, 2.45) is 0 Å². The van der Waals surface area contributed by atoms with E-state index in [9.17, 15) is 0 Å². The highest BCUT2D eigenvalue weighted by molar-refractivity contribution is 5.51. The van der Waals surface area contributed by atoms with E-state index in [0.29, 0.717) is 6.04 Å². The molecule has 0 radical (unpaired) electrons. The van der Waals surface area contributed by atoms with E-state index in [4.69, 9.17) is 4.42 Å². The number of imidazole rings is 1. The van der Waals surface area contributed by atoms with Gasteiger partial charge in [-0.3, -0.25) is 0 Å². The van der Waals surface area contributed by atoms with Gasteiger partial charge in [-0.1, -0.05) is 0 Å². The third kappa shape index (κ3) is 2.72. The third-order valence-corrected chi connectivity index (χ3v) is 3.71. The van der Waals surface area contributed by atoms with E-state index in [2.05, 4.69) is 27.2 Å². The molecule has 2 N–H and O–H groups in total. The highest BCUT2D eigenvalue weighted by atomic mass is 16.3. The second-order valence-corrected chi connectivity index (χ2v) is 5.20. The number of piperazine rings is 1. The van der Waals surface area contributed by atoms with Gasteiger partial charge < -0.3 is 19.6 Å². The lowest BCUT2D eigenvalue weighted by Gasteiger charge is -2.32. The molecule has 0 aromatic carbocycles. The van der Waals surface area contributed by atoms with Gasteiger partial charge >= 0.3 is 0 Å². The van der Waals surface area contributed by atoms with Crippen LogP contribution in [0.25, 0.3) is 11.5 Å². The lowest BCUT2D eigenvalue weighted by atomic mass is 10.1. The number of aromatic amines is 1. The molecule has 0 spiro atoms. The Morgan fingerprint density at radius 1 is 1.47 bits per heavy atom. The number of rotatable bonds is 3. The van der Waals surface area contributed by atoms with Crippen molar-refractivity contribution in [2.45, 2.75) is 19.4 Å². The number of likely N-dealkylation sites (N-methyl/N-ethyl adjacent to an activating group) is 1. The van der Waals surface area contributed by atoms with Gasteiger partial charge in [-0.05, 0) is 26.1 Å². The minimum absolute atomic E-state index is 0.506. The van der Waals surface area contributed by atoms with Crippen molar-refractivity contribution in [3.05, 3.63) is 29.9 Å². The monoisotopic (exact) mass is 260 g/mol. The zero-order chi connectivity index (χ0) is 13.2. The number of nitrogens with zero attached hydrogens (tertiary/aromatic N) is 2. The number of H-pyrrole nitrogens is 1. The molecule has 1 unspecified atom stereocenters. The van der Waals surface area contributed by atoms with Crippen LogP contribution in [0.2, 0.25) is 0 Å². The SMILES string of the molecule is Cc1ccc(-c2cnc(CC3CNCCN3C)[nH]2)o1. The number of aromatic nitrogens is 2. The first kappa shape index (κ1) is 12.4. The maximum absolute atomic E-state index is 5.60. The normalized spacial score (nSPS) is 20.8. The van der Waals surface area contributed by atoms with E-state index in [0.717, 1.165) is 49.1 Å². The molecular formula is C14H20N4O. The van der Waals surface area contributed by atoms with Gasteiger partial charge in [0.2, 0.25) is 0 Å². The first-order chi connectivity index (χ1) is 9.22. The minimum atomic E-state index is 0.506. The molecule has 2 aromatic heterocycles. The average molecular weight is 260 g/mol. The fourth-order valence-electron chi connectivity index (χ4n) is 2.48. The Hall–Kier alpha value is -1.59.